The summed E-state index contributed by atoms with van der Waals surface area (Å²) in [5.74, 6) is 1.73. The van der Waals surface area contributed by atoms with E-state index in [0.29, 0.717) is 23.0 Å². The van der Waals surface area contributed by atoms with Gasteiger partial charge in [-0.05, 0) is 70.7 Å². The van der Waals surface area contributed by atoms with Crippen LogP contribution in [0.1, 0.15) is 79.8 Å². The molecule has 0 aliphatic rings. The fourth-order valence-corrected chi connectivity index (χ4v) is 7.36. The van der Waals surface area contributed by atoms with Gasteiger partial charge < -0.3 is 9.55 Å². The van der Waals surface area contributed by atoms with E-state index in [4.69, 9.17) is 11.8 Å². The minimum atomic E-state index is -2.09. The molecule has 0 saturated carbocycles. The smallest absolute Gasteiger partial charge is 0.0770 e. The molecular formula is C47H43IrN3S-2. The van der Waals surface area contributed by atoms with Crippen LogP contribution in [-0.2, 0) is 33.0 Å². The molecule has 0 aliphatic heterocycles. The number of hydrogen-bond donors (Lipinski definition) is 0. The Morgan fingerprint density at radius 3 is 2.23 bits per heavy atom. The quantitative estimate of drug-likeness (QED) is 0.142. The molecular weight excluding hydrogens is 831 g/mol. The number of fused-ring (bicyclic) bond motifs is 2. The monoisotopic (exact) mass is 879 g/mol. The fourth-order valence-electron chi connectivity index (χ4n) is 6.48. The molecule has 8 aromatic rings. The SMILES string of the molecule is [2H]C([2H])([2H])c1ccc(-c2[c-]cccc2)nc1.[2H]C([2H])(c1ccccc1)c1ccc2c(-c3nc4ccccc4n3Cc3c(C(C)C)cccc3C(C)C)[c-]sc2c1.[Ir]. The molecule has 3 nitrogen and oxygen atoms in total. The Balaban J connectivity index is 0.000000271. The van der Waals surface area contributed by atoms with Gasteiger partial charge in [0.1, 0.15) is 0 Å². The van der Waals surface area contributed by atoms with Crippen LogP contribution < -0.4 is 0 Å². The molecule has 1 radical (unpaired) electrons. The van der Waals surface area contributed by atoms with Gasteiger partial charge in [0.2, 0.25) is 0 Å². The van der Waals surface area contributed by atoms with Crippen LogP contribution in [0.3, 0.4) is 0 Å². The molecule has 3 heterocycles. The van der Waals surface area contributed by atoms with E-state index >= 15 is 0 Å². The number of imidazole rings is 1. The summed E-state index contributed by atoms with van der Waals surface area (Å²) in [4.78, 5) is 9.26. The Bertz CT molecular complexity index is 2550. The van der Waals surface area contributed by atoms with Crippen molar-refractivity contribution in [2.45, 2.75) is 59.3 Å². The second-order valence-electron chi connectivity index (χ2n) is 13.2. The molecule has 0 atom stereocenters. The van der Waals surface area contributed by atoms with E-state index in [1.54, 1.807) is 18.2 Å². The third-order valence-corrected chi connectivity index (χ3v) is 9.88. The molecule has 0 aliphatic carbocycles. The zero-order valence-corrected chi connectivity index (χ0v) is 32.9. The number of thiophene rings is 1. The van der Waals surface area contributed by atoms with Gasteiger partial charge in [0, 0.05) is 39.7 Å². The maximum atomic E-state index is 8.84. The summed E-state index contributed by atoms with van der Waals surface area (Å²) in [6, 6.07) is 44.1. The molecule has 0 unspecified atom stereocenters. The van der Waals surface area contributed by atoms with Crippen LogP contribution in [0.5, 0.6) is 0 Å². The molecule has 0 fully saturated rings. The second kappa shape index (κ2) is 16.8. The van der Waals surface area contributed by atoms with Crippen molar-refractivity contribution in [3.05, 3.63) is 178 Å². The van der Waals surface area contributed by atoms with Crippen molar-refractivity contribution in [1.82, 2.24) is 14.5 Å². The normalized spacial score (nSPS) is 13.1. The Kier molecular flexibility index (Phi) is 9.97. The van der Waals surface area contributed by atoms with Gasteiger partial charge in [-0.2, -0.15) is 0 Å². The van der Waals surface area contributed by atoms with E-state index in [0.717, 1.165) is 50.3 Å². The van der Waals surface area contributed by atoms with Gasteiger partial charge in [-0.15, -0.1) is 47.3 Å². The molecule has 8 rings (SSSR count). The average molecular weight is 879 g/mol. The minimum Gasteiger partial charge on any atom is -0.360 e. The third kappa shape index (κ3) is 8.18. The summed E-state index contributed by atoms with van der Waals surface area (Å²) >= 11 is 1.53. The van der Waals surface area contributed by atoms with Gasteiger partial charge in [-0.1, -0.05) is 134 Å². The first kappa shape index (κ1) is 30.9. The molecule has 0 N–H and O–H groups in total. The Labute approximate surface area is 332 Å². The van der Waals surface area contributed by atoms with Gasteiger partial charge >= 0.3 is 0 Å². The Morgan fingerprint density at radius 1 is 0.788 bits per heavy atom. The fraction of sp³-hybridized carbons (Fsp3) is 0.191. The van der Waals surface area contributed by atoms with Crippen molar-refractivity contribution < 1.29 is 27.0 Å². The average Bonchev–Trinajstić information content (AvgIpc) is 3.79. The molecule has 0 amide bonds. The van der Waals surface area contributed by atoms with Crippen molar-refractivity contribution in [2.75, 3.05) is 0 Å². The number of aromatic nitrogens is 3. The van der Waals surface area contributed by atoms with Crippen molar-refractivity contribution in [3.8, 4) is 22.6 Å². The van der Waals surface area contributed by atoms with E-state index in [1.165, 1.54) is 34.2 Å². The largest absolute Gasteiger partial charge is 0.360 e. The van der Waals surface area contributed by atoms with Gasteiger partial charge in [0.15, 0.2) is 0 Å². The van der Waals surface area contributed by atoms with Crippen molar-refractivity contribution in [1.29, 1.82) is 0 Å². The Morgan fingerprint density at radius 2 is 1.54 bits per heavy atom. The molecule has 3 aromatic heterocycles. The standard InChI is InChI=1S/C35H33N2S.C12H10N.Ir/c1-23(2)27-13-10-14-28(24(3)4)30(27)21-37-33-16-9-8-15-32(33)36-35(37)31-22-38-34-20-26(17-18-29(31)34)19-25-11-6-5-7-12-25;1-10-7-8-12(13-9-10)11-5-3-2-4-6-11;/h5-18,20,23-24H,19,21H2,1-4H3;2-5,7-9H,1H3;/q2*-1;/i19D2;1D3;. The summed E-state index contributed by atoms with van der Waals surface area (Å²) in [5, 5.41) is 4.60. The summed E-state index contributed by atoms with van der Waals surface area (Å²) in [7, 11) is 0. The van der Waals surface area contributed by atoms with Crippen LogP contribution in [0.2, 0.25) is 0 Å². The van der Waals surface area contributed by atoms with Gasteiger partial charge in [-0.25, -0.2) is 0 Å². The number of nitrogens with zero attached hydrogens (tertiary/aromatic N) is 3. The summed E-state index contributed by atoms with van der Waals surface area (Å²) in [5.41, 5.74) is 10.3. The van der Waals surface area contributed by atoms with Gasteiger partial charge in [0.25, 0.3) is 0 Å². The molecule has 263 valence electrons. The molecule has 52 heavy (non-hydrogen) atoms. The number of benzene rings is 5. The zero-order valence-electron chi connectivity index (χ0n) is 34.6. The maximum Gasteiger partial charge on any atom is 0.0770 e. The molecule has 0 bridgehead atoms. The molecule has 5 heteroatoms. The summed E-state index contributed by atoms with van der Waals surface area (Å²) in [6.07, 6.45) is -0.191. The number of para-hydroxylation sites is 2. The van der Waals surface area contributed by atoms with Crippen LogP contribution in [0.25, 0.3) is 43.8 Å². The van der Waals surface area contributed by atoms with Crippen molar-refractivity contribution >= 4 is 32.5 Å². The van der Waals surface area contributed by atoms with Gasteiger partial charge in [-0.3, -0.25) is 16.3 Å². The van der Waals surface area contributed by atoms with Crippen LogP contribution in [0.15, 0.2) is 134 Å². The van der Waals surface area contributed by atoms with Gasteiger partial charge in [0.05, 0.1) is 16.9 Å². The molecule has 5 aromatic carbocycles. The van der Waals surface area contributed by atoms with E-state index < -0.39 is 13.2 Å². The third-order valence-electron chi connectivity index (χ3n) is 9.01. The van der Waals surface area contributed by atoms with Crippen LogP contribution in [0, 0.1) is 18.3 Å². The first-order chi connectivity index (χ1) is 26.8. The molecule has 0 saturated heterocycles. The van der Waals surface area contributed by atoms with Crippen molar-refractivity contribution in [2.24, 2.45) is 0 Å². The first-order valence-electron chi connectivity index (χ1n) is 19.8. The predicted octanol–water partition coefficient (Wildman–Crippen LogP) is 12.5. The number of aryl methyl sites for hydroxylation is 1. The van der Waals surface area contributed by atoms with Crippen LogP contribution in [-0.4, -0.2) is 14.5 Å². The topological polar surface area (TPSA) is 30.7 Å². The van der Waals surface area contributed by atoms with E-state index in [2.05, 4.69) is 85.1 Å². The Hall–Kier alpha value is -4.67. The first-order valence-corrected chi connectivity index (χ1v) is 18.2. The summed E-state index contributed by atoms with van der Waals surface area (Å²) in [6.45, 7) is 7.70. The summed E-state index contributed by atoms with van der Waals surface area (Å²) < 4.78 is 42.7. The second-order valence-corrected chi connectivity index (χ2v) is 14.1. The molecule has 0 spiro atoms. The van der Waals surface area contributed by atoms with Crippen LogP contribution in [0.4, 0.5) is 0 Å². The van der Waals surface area contributed by atoms with E-state index in [1.807, 2.05) is 72.8 Å². The number of hydrogen-bond acceptors (Lipinski definition) is 3. The van der Waals surface area contributed by atoms with Crippen LogP contribution >= 0.6 is 11.3 Å². The van der Waals surface area contributed by atoms with E-state index in [-0.39, 0.29) is 25.7 Å². The zero-order chi connectivity index (χ0) is 39.6. The minimum absolute atomic E-state index is 0. The number of rotatable bonds is 8. The number of pyridine rings is 1. The maximum absolute atomic E-state index is 8.84. The van der Waals surface area contributed by atoms with Crippen molar-refractivity contribution in [3.63, 3.8) is 0 Å². The predicted molar refractivity (Wildman–Crippen MR) is 216 cm³/mol. The van der Waals surface area contributed by atoms with E-state index in [9.17, 15) is 0 Å².